The molecule has 0 heteroatoms. The summed E-state index contributed by atoms with van der Waals surface area (Å²) in [5, 5.41) is 0. The largest absolute Gasteiger partial charge is 0.0853 e. The molecule has 0 N–H and O–H groups in total. The fourth-order valence-electron chi connectivity index (χ4n) is 3.34. The van der Waals surface area contributed by atoms with Gasteiger partial charge in [-0.2, -0.15) is 0 Å². The van der Waals surface area contributed by atoms with Crippen LogP contribution >= 0.6 is 0 Å². The van der Waals surface area contributed by atoms with E-state index in [2.05, 4.69) is 40.7 Å². The molecule has 82 valence electrons. The summed E-state index contributed by atoms with van der Waals surface area (Å²) in [5.74, 6) is 1.72. The molecule has 0 aromatic carbocycles. The molecule has 0 aromatic heterocycles. The smallest absolute Gasteiger partial charge is 0.0126 e. The highest BCUT2D eigenvalue weighted by Gasteiger charge is 2.36. The van der Waals surface area contributed by atoms with Crippen LogP contribution in [0, 0.1) is 17.3 Å². The van der Waals surface area contributed by atoms with Crippen molar-refractivity contribution in [2.75, 3.05) is 0 Å². The third-order valence-corrected chi connectivity index (χ3v) is 4.11. The minimum atomic E-state index is 0.523. The van der Waals surface area contributed by atoms with Gasteiger partial charge in [-0.15, -0.1) is 0 Å². The zero-order chi connectivity index (χ0) is 10.8. The van der Waals surface area contributed by atoms with Gasteiger partial charge in [-0.05, 0) is 37.0 Å². The summed E-state index contributed by atoms with van der Waals surface area (Å²) in [6.07, 6.45) is 7.78. The van der Waals surface area contributed by atoms with Gasteiger partial charge in [-0.1, -0.05) is 52.2 Å². The lowest BCUT2D eigenvalue weighted by Crippen LogP contribution is -2.33. The van der Waals surface area contributed by atoms with Crippen LogP contribution in [-0.2, 0) is 0 Å². The van der Waals surface area contributed by atoms with Crippen LogP contribution in [0.15, 0.2) is 11.6 Å². The minimum Gasteiger partial charge on any atom is -0.0853 e. The number of hydrogen-bond acceptors (Lipinski definition) is 0. The molecule has 1 rings (SSSR count). The SMILES string of the molecule is CCC(CC)C1C(C)=CCCC1(C)C. The Hall–Kier alpha value is -0.260. The van der Waals surface area contributed by atoms with Crippen molar-refractivity contribution in [3.8, 4) is 0 Å². The van der Waals surface area contributed by atoms with E-state index in [0.717, 1.165) is 11.8 Å². The van der Waals surface area contributed by atoms with Gasteiger partial charge < -0.3 is 0 Å². The average Bonchev–Trinajstić information content (AvgIpc) is 2.11. The summed E-state index contributed by atoms with van der Waals surface area (Å²) in [6.45, 7) is 11.9. The Labute approximate surface area is 89.8 Å². The van der Waals surface area contributed by atoms with Crippen molar-refractivity contribution in [3.05, 3.63) is 11.6 Å². The molecule has 0 fully saturated rings. The van der Waals surface area contributed by atoms with Gasteiger partial charge in [0.05, 0.1) is 0 Å². The molecule has 0 radical (unpaired) electrons. The highest BCUT2D eigenvalue weighted by molar-refractivity contribution is 5.13. The second-order valence-electron chi connectivity index (χ2n) is 5.53. The first-order valence-electron chi connectivity index (χ1n) is 6.19. The van der Waals surface area contributed by atoms with Crippen molar-refractivity contribution >= 4 is 0 Å². The van der Waals surface area contributed by atoms with Gasteiger partial charge in [0, 0.05) is 0 Å². The quantitative estimate of drug-likeness (QED) is 0.566. The molecule has 0 saturated heterocycles. The Morgan fingerprint density at radius 3 is 2.36 bits per heavy atom. The van der Waals surface area contributed by atoms with Crippen molar-refractivity contribution in [1.29, 1.82) is 0 Å². The maximum absolute atomic E-state index is 2.47. The molecule has 0 aromatic rings. The number of allylic oxidation sites excluding steroid dienone is 2. The second-order valence-corrected chi connectivity index (χ2v) is 5.53. The van der Waals surface area contributed by atoms with E-state index in [0.29, 0.717) is 5.41 Å². The molecular formula is C14H26. The van der Waals surface area contributed by atoms with Crippen LogP contribution in [0.3, 0.4) is 0 Å². The van der Waals surface area contributed by atoms with Gasteiger partial charge in [0.25, 0.3) is 0 Å². The zero-order valence-corrected chi connectivity index (χ0v) is 10.6. The summed E-state index contributed by atoms with van der Waals surface area (Å²) in [7, 11) is 0. The Balaban J connectivity index is 2.89. The molecule has 1 unspecified atom stereocenters. The van der Waals surface area contributed by atoms with Gasteiger partial charge in [0.1, 0.15) is 0 Å². The standard InChI is InChI=1S/C14H26/c1-6-12(7-2)13-11(3)9-8-10-14(13,4)5/h9,12-13H,6-8,10H2,1-5H3. The van der Waals surface area contributed by atoms with Gasteiger partial charge >= 0.3 is 0 Å². The second kappa shape index (κ2) is 4.51. The number of rotatable bonds is 3. The maximum Gasteiger partial charge on any atom is -0.0126 e. The van der Waals surface area contributed by atoms with E-state index in [1.807, 2.05) is 0 Å². The lowest BCUT2D eigenvalue weighted by molar-refractivity contribution is 0.142. The van der Waals surface area contributed by atoms with Crippen molar-refractivity contribution in [1.82, 2.24) is 0 Å². The minimum absolute atomic E-state index is 0.523. The van der Waals surface area contributed by atoms with E-state index in [1.54, 1.807) is 5.57 Å². The molecule has 1 aliphatic carbocycles. The van der Waals surface area contributed by atoms with Crippen LogP contribution < -0.4 is 0 Å². The third kappa shape index (κ3) is 2.21. The van der Waals surface area contributed by atoms with E-state index in [-0.39, 0.29) is 0 Å². The summed E-state index contributed by atoms with van der Waals surface area (Å²) < 4.78 is 0. The fraction of sp³-hybridized carbons (Fsp3) is 0.857. The van der Waals surface area contributed by atoms with Crippen molar-refractivity contribution in [2.24, 2.45) is 17.3 Å². The first-order chi connectivity index (χ1) is 6.53. The third-order valence-electron chi connectivity index (χ3n) is 4.11. The molecule has 0 saturated carbocycles. The van der Waals surface area contributed by atoms with Crippen molar-refractivity contribution in [2.45, 2.75) is 60.3 Å². The summed E-state index contributed by atoms with van der Waals surface area (Å²) in [4.78, 5) is 0. The molecule has 0 bridgehead atoms. The predicted molar refractivity (Wildman–Crippen MR) is 64.3 cm³/mol. The van der Waals surface area contributed by atoms with E-state index >= 15 is 0 Å². The van der Waals surface area contributed by atoms with E-state index in [9.17, 15) is 0 Å². The molecule has 0 amide bonds. The first kappa shape index (κ1) is 11.8. The average molecular weight is 194 g/mol. The highest BCUT2D eigenvalue weighted by Crippen LogP contribution is 2.46. The number of hydrogen-bond donors (Lipinski definition) is 0. The molecular weight excluding hydrogens is 168 g/mol. The van der Waals surface area contributed by atoms with Crippen molar-refractivity contribution in [3.63, 3.8) is 0 Å². The Bertz CT molecular complexity index is 206. The zero-order valence-electron chi connectivity index (χ0n) is 10.6. The highest BCUT2D eigenvalue weighted by atomic mass is 14.4. The first-order valence-corrected chi connectivity index (χ1v) is 6.19. The lowest BCUT2D eigenvalue weighted by atomic mass is 9.62. The molecule has 0 heterocycles. The van der Waals surface area contributed by atoms with Crippen molar-refractivity contribution < 1.29 is 0 Å². The summed E-state index contributed by atoms with van der Waals surface area (Å²) in [5.41, 5.74) is 2.17. The van der Waals surface area contributed by atoms with Gasteiger partial charge in [0.2, 0.25) is 0 Å². The van der Waals surface area contributed by atoms with Crippen LogP contribution in [0.25, 0.3) is 0 Å². The maximum atomic E-state index is 2.47. The monoisotopic (exact) mass is 194 g/mol. The molecule has 14 heavy (non-hydrogen) atoms. The van der Waals surface area contributed by atoms with E-state index in [1.165, 1.54) is 25.7 Å². The Morgan fingerprint density at radius 1 is 1.36 bits per heavy atom. The van der Waals surface area contributed by atoms with Crippen LogP contribution in [-0.4, -0.2) is 0 Å². The molecule has 0 aliphatic heterocycles. The summed E-state index contributed by atoms with van der Waals surface area (Å²) in [6, 6.07) is 0. The Morgan fingerprint density at radius 2 is 1.93 bits per heavy atom. The van der Waals surface area contributed by atoms with E-state index < -0.39 is 0 Å². The van der Waals surface area contributed by atoms with Gasteiger partial charge in [-0.25, -0.2) is 0 Å². The van der Waals surface area contributed by atoms with E-state index in [4.69, 9.17) is 0 Å². The molecule has 0 nitrogen and oxygen atoms in total. The molecule has 1 atom stereocenters. The molecule has 0 spiro atoms. The predicted octanol–water partition coefficient (Wildman–Crippen LogP) is 4.81. The van der Waals surface area contributed by atoms with Crippen LogP contribution in [0.5, 0.6) is 0 Å². The van der Waals surface area contributed by atoms with Gasteiger partial charge in [-0.3, -0.25) is 0 Å². The molecule has 1 aliphatic rings. The van der Waals surface area contributed by atoms with Gasteiger partial charge in [0.15, 0.2) is 0 Å². The van der Waals surface area contributed by atoms with Crippen LogP contribution in [0.1, 0.15) is 60.3 Å². The fourth-order valence-corrected chi connectivity index (χ4v) is 3.34. The van der Waals surface area contributed by atoms with Crippen LogP contribution in [0.4, 0.5) is 0 Å². The normalized spacial score (nSPS) is 26.4. The lowest BCUT2D eigenvalue weighted by Gasteiger charge is -2.43. The summed E-state index contributed by atoms with van der Waals surface area (Å²) >= 11 is 0. The Kier molecular flexibility index (Phi) is 3.80. The topological polar surface area (TPSA) is 0 Å². The van der Waals surface area contributed by atoms with Crippen LogP contribution in [0.2, 0.25) is 0 Å².